The Labute approximate surface area is 175 Å². The molecular formula is C22H21ClN2O3S. The maximum atomic E-state index is 13.0. The Kier molecular flexibility index (Phi) is 5.58. The Balaban J connectivity index is 1.52. The lowest BCUT2D eigenvalue weighted by Gasteiger charge is -2.31. The van der Waals surface area contributed by atoms with Crippen molar-refractivity contribution in [2.75, 3.05) is 18.4 Å². The van der Waals surface area contributed by atoms with Gasteiger partial charge in [-0.25, -0.2) is 8.42 Å². The minimum absolute atomic E-state index is 0.155. The average Bonchev–Trinajstić information content (AvgIpc) is 2.74. The van der Waals surface area contributed by atoms with E-state index in [1.165, 1.54) is 16.4 Å². The van der Waals surface area contributed by atoms with E-state index >= 15 is 0 Å². The summed E-state index contributed by atoms with van der Waals surface area (Å²) in [6.07, 6.45) is 1.30. The highest BCUT2D eigenvalue weighted by Gasteiger charge is 2.33. The van der Waals surface area contributed by atoms with Crippen LogP contribution < -0.4 is 5.32 Å². The van der Waals surface area contributed by atoms with Gasteiger partial charge in [-0.15, -0.1) is 0 Å². The van der Waals surface area contributed by atoms with E-state index in [1.807, 2.05) is 42.5 Å². The summed E-state index contributed by atoms with van der Waals surface area (Å²) < 4.78 is 27.3. The Hall–Kier alpha value is -2.41. The number of hydrogen-bond acceptors (Lipinski definition) is 3. The van der Waals surface area contributed by atoms with Gasteiger partial charge >= 0.3 is 0 Å². The fourth-order valence-corrected chi connectivity index (χ4v) is 5.35. The second-order valence-electron chi connectivity index (χ2n) is 7.17. The van der Waals surface area contributed by atoms with Crippen LogP contribution >= 0.6 is 11.6 Å². The van der Waals surface area contributed by atoms with Crippen LogP contribution in [0.5, 0.6) is 0 Å². The number of carbonyl (C=O) groups is 1. The topological polar surface area (TPSA) is 66.5 Å². The van der Waals surface area contributed by atoms with E-state index in [2.05, 4.69) is 5.32 Å². The van der Waals surface area contributed by atoms with Gasteiger partial charge in [-0.3, -0.25) is 4.79 Å². The molecule has 0 aliphatic carbocycles. The zero-order valence-electron chi connectivity index (χ0n) is 15.7. The second-order valence-corrected chi connectivity index (χ2v) is 9.55. The number of hydrogen-bond donors (Lipinski definition) is 1. The van der Waals surface area contributed by atoms with E-state index < -0.39 is 15.9 Å². The maximum absolute atomic E-state index is 13.0. The summed E-state index contributed by atoms with van der Waals surface area (Å²) in [4.78, 5) is 13.1. The molecule has 1 aliphatic heterocycles. The summed E-state index contributed by atoms with van der Waals surface area (Å²) in [5, 5.41) is 5.48. The number of sulfonamides is 1. The van der Waals surface area contributed by atoms with Crippen LogP contribution in [-0.4, -0.2) is 31.7 Å². The number of amides is 1. The molecule has 150 valence electrons. The SMILES string of the molecule is O=C(Nc1cccc2ccccc12)[C@H]1CCCN(S(=O)(=O)c2ccc(Cl)cc2)C1. The van der Waals surface area contributed by atoms with E-state index in [0.717, 1.165) is 16.5 Å². The highest BCUT2D eigenvalue weighted by atomic mass is 35.5. The molecule has 3 aromatic carbocycles. The molecule has 4 rings (SSSR count). The second kappa shape index (κ2) is 8.14. The van der Waals surface area contributed by atoms with Crippen LogP contribution in [0.1, 0.15) is 12.8 Å². The molecule has 0 aromatic heterocycles. The zero-order chi connectivity index (χ0) is 20.4. The largest absolute Gasteiger partial charge is 0.325 e. The van der Waals surface area contributed by atoms with Gasteiger partial charge in [-0.1, -0.05) is 48.0 Å². The molecular weight excluding hydrogens is 408 g/mol. The predicted molar refractivity (Wildman–Crippen MR) is 116 cm³/mol. The first-order chi connectivity index (χ1) is 13.9. The monoisotopic (exact) mass is 428 g/mol. The van der Waals surface area contributed by atoms with Crippen molar-refractivity contribution in [3.8, 4) is 0 Å². The van der Waals surface area contributed by atoms with Crippen molar-refractivity contribution in [2.45, 2.75) is 17.7 Å². The molecule has 1 amide bonds. The Morgan fingerprint density at radius 3 is 2.52 bits per heavy atom. The van der Waals surface area contributed by atoms with E-state index in [1.54, 1.807) is 12.1 Å². The van der Waals surface area contributed by atoms with Crippen LogP contribution in [0.15, 0.2) is 71.6 Å². The van der Waals surface area contributed by atoms with Crippen LogP contribution in [0.2, 0.25) is 5.02 Å². The Morgan fingerprint density at radius 2 is 1.72 bits per heavy atom. The molecule has 0 bridgehead atoms. The number of rotatable bonds is 4. The molecule has 1 heterocycles. The number of halogens is 1. The molecule has 5 nitrogen and oxygen atoms in total. The van der Waals surface area contributed by atoms with Gasteiger partial charge in [0.25, 0.3) is 0 Å². The first-order valence-electron chi connectivity index (χ1n) is 9.49. The molecule has 0 spiro atoms. The van der Waals surface area contributed by atoms with Gasteiger partial charge < -0.3 is 5.32 Å². The summed E-state index contributed by atoms with van der Waals surface area (Å²) in [7, 11) is -3.66. The van der Waals surface area contributed by atoms with Crippen molar-refractivity contribution in [2.24, 2.45) is 5.92 Å². The Bertz CT molecular complexity index is 1140. The maximum Gasteiger partial charge on any atom is 0.243 e. The number of benzene rings is 3. The van der Waals surface area contributed by atoms with Gasteiger partial charge in [0.05, 0.1) is 10.8 Å². The normalized spacial score (nSPS) is 17.9. The van der Waals surface area contributed by atoms with Crippen molar-refractivity contribution in [1.29, 1.82) is 0 Å². The average molecular weight is 429 g/mol. The smallest absolute Gasteiger partial charge is 0.243 e. The van der Waals surface area contributed by atoms with Crippen LogP contribution in [-0.2, 0) is 14.8 Å². The third-order valence-corrected chi connectivity index (χ3v) is 7.39. The first-order valence-corrected chi connectivity index (χ1v) is 11.3. The van der Waals surface area contributed by atoms with Crippen molar-refractivity contribution in [3.05, 3.63) is 71.8 Å². The molecule has 1 N–H and O–H groups in total. The minimum Gasteiger partial charge on any atom is -0.325 e. The predicted octanol–water partition coefficient (Wildman–Crippen LogP) is 4.53. The van der Waals surface area contributed by atoms with E-state index in [9.17, 15) is 13.2 Å². The molecule has 0 unspecified atom stereocenters. The molecule has 1 fully saturated rings. The zero-order valence-corrected chi connectivity index (χ0v) is 17.3. The molecule has 0 radical (unpaired) electrons. The summed E-state index contributed by atoms with van der Waals surface area (Å²) >= 11 is 5.87. The standard InChI is InChI=1S/C22H21ClN2O3S/c23-18-10-12-19(13-11-18)29(27,28)25-14-4-7-17(15-25)22(26)24-21-9-3-6-16-5-1-2-8-20(16)21/h1-3,5-6,8-13,17H,4,7,14-15H2,(H,24,26)/t17-/m0/s1. The highest BCUT2D eigenvalue weighted by molar-refractivity contribution is 7.89. The third-order valence-electron chi connectivity index (χ3n) is 5.25. The number of piperidine rings is 1. The molecule has 1 aliphatic rings. The van der Waals surface area contributed by atoms with E-state index in [-0.39, 0.29) is 17.3 Å². The lowest BCUT2D eigenvalue weighted by atomic mass is 9.98. The summed E-state index contributed by atoms with van der Waals surface area (Å²) in [6, 6.07) is 19.7. The van der Waals surface area contributed by atoms with Crippen molar-refractivity contribution in [1.82, 2.24) is 4.31 Å². The van der Waals surface area contributed by atoms with Crippen LogP contribution in [0.4, 0.5) is 5.69 Å². The lowest BCUT2D eigenvalue weighted by Crippen LogP contribution is -2.43. The molecule has 7 heteroatoms. The van der Waals surface area contributed by atoms with Crippen LogP contribution in [0.25, 0.3) is 10.8 Å². The minimum atomic E-state index is -3.66. The van der Waals surface area contributed by atoms with Crippen LogP contribution in [0, 0.1) is 5.92 Å². The number of nitrogens with zero attached hydrogens (tertiary/aromatic N) is 1. The van der Waals surface area contributed by atoms with Gasteiger partial charge in [0, 0.05) is 29.2 Å². The third kappa shape index (κ3) is 4.15. The number of anilines is 1. The first kappa shape index (κ1) is 19.9. The molecule has 1 saturated heterocycles. The van der Waals surface area contributed by atoms with Crippen molar-refractivity contribution >= 4 is 44.0 Å². The van der Waals surface area contributed by atoms with Gasteiger partial charge in [-0.05, 0) is 48.6 Å². The van der Waals surface area contributed by atoms with Gasteiger partial charge in [0.1, 0.15) is 0 Å². The number of carbonyl (C=O) groups excluding carboxylic acids is 1. The lowest BCUT2D eigenvalue weighted by molar-refractivity contribution is -0.120. The quantitative estimate of drug-likeness (QED) is 0.663. The van der Waals surface area contributed by atoms with E-state index in [4.69, 9.17) is 11.6 Å². The van der Waals surface area contributed by atoms with Gasteiger partial charge in [0.15, 0.2) is 0 Å². The number of fused-ring (bicyclic) bond motifs is 1. The van der Waals surface area contributed by atoms with Gasteiger partial charge in [-0.2, -0.15) is 4.31 Å². The van der Waals surface area contributed by atoms with E-state index in [0.29, 0.717) is 24.4 Å². The Morgan fingerprint density at radius 1 is 1.00 bits per heavy atom. The molecule has 1 atom stereocenters. The summed E-state index contributed by atoms with van der Waals surface area (Å²) in [6.45, 7) is 0.574. The highest BCUT2D eigenvalue weighted by Crippen LogP contribution is 2.27. The summed E-state index contributed by atoms with van der Waals surface area (Å²) in [5.41, 5.74) is 0.741. The number of nitrogens with one attached hydrogen (secondary N) is 1. The van der Waals surface area contributed by atoms with Crippen LogP contribution in [0.3, 0.4) is 0 Å². The fourth-order valence-electron chi connectivity index (χ4n) is 3.70. The summed E-state index contributed by atoms with van der Waals surface area (Å²) in [5.74, 6) is -0.554. The van der Waals surface area contributed by atoms with Crippen molar-refractivity contribution < 1.29 is 13.2 Å². The van der Waals surface area contributed by atoms with Crippen molar-refractivity contribution in [3.63, 3.8) is 0 Å². The fraction of sp³-hybridized carbons (Fsp3) is 0.227. The molecule has 3 aromatic rings. The van der Waals surface area contributed by atoms with Gasteiger partial charge in [0.2, 0.25) is 15.9 Å². The molecule has 0 saturated carbocycles. The molecule has 29 heavy (non-hydrogen) atoms.